The third kappa shape index (κ3) is 4.04. The zero-order valence-corrected chi connectivity index (χ0v) is 18.1. The van der Waals surface area contributed by atoms with Gasteiger partial charge >= 0.3 is 0 Å². The summed E-state index contributed by atoms with van der Waals surface area (Å²) >= 11 is 12.0. The number of ether oxygens (including phenoxy) is 1. The lowest BCUT2D eigenvalue weighted by atomic mass is 10.1. The van der Waals surface area contributed by atoms with E-state index in [1.807, 2.05) is 6.07 Å². The van der Waals surface area contributed by atoms with Crippen molar-refractivity contribution >= 4 is 46.5 Å². The van der Waals surface area contributed by atoms with Crippen molar-refractivity contribution in [3.63, 3.8) is 0 Å². The Morgan fingerprint density at radius 2 is 1.83 bits per heavy atom. The molecule has 2 fully saturated rings. The topological polar surface area (TPSA) is 66.0 Å². The molecule has 2 aliphatic rings. The highest BCUT2D eigenvalue weighted by molar-refractivity contribution is 6.42. The zero-order valence-electron chi connectivity index (χ0n) is 16.6. The van der Waals surface area contributed by atoms with Gasteiger partial charge in [0.25, 0.3) is 0 Å². The first-order valence-corrected chi connectivity index (χ1v) is 10.5. The Morgan fingerprint density at radius 1 is 1.07 bits per heavy atom. The van der Waals surface area contributed by atoms with E-state index in [0.29, 0.717) is 54.9 Å². The summed E-state index contributed by atoms with van der Waals surface area (Å²) in [5, 5.41) is 0.821. The fourth-order valence-electron chi connectivity index (χ4n) is 3.89. The van der Waals surface area contributed by atoms with Gasteiger partial charge < -0.3 is 19.4 Å². The van der Waals surface area contributed by atoms with Crippen LogP contribution in [-0.4, -0.2) is 61.5 Å². The van der Waals surface area contributed by atoms with Gasteiger partial charge in [0.2, 0.25) is 11.8 Å². The van der Waals surface area contributed by atoms with Crippen molar-refractivity contribution < 1.29 is 14.3 Å². The first-order valence-electron chi connectivity index (χ1n) is 9.78. The number of hydrogen-bond donors (Lipinski definition) is 0. The van der Waals surface area contributed by atoms with Gasteiger partial charge in [-0.05, 0) is 30.7 Å². The summed E-state index contributed by atoms with van der Waals surface area (Å²) in [6.07, 6.45) is 2.20. The summed E-state index contributed by atoms with van der Waals surface area (Å²) in [6.45, 7) is 2.90. The minimum atomic E-state index is -0.652. The number of nitrogens with zero attached hydrogens (tertiary/aromatic N) is 4. The summed E-state index contributed by atoms with van der Waals surface area (Å²) in [5.41, 5.74) is 0.665. The fourth-order valence-corrected chi connectivity index (χ4v) is 4.19. The summed E-state index contributed by atoms with van der Waals surface area (Å²) in [4.78, 5) is 35.8. The second-order valence-corrected chi connectivity index (χ2v) is 8.11. The first-order chi connectivity index (χ1) is 14.5. The molecular formula is C21H22Cl2N4O3. The fraction of sp³-hybridized carbons (Fsp3) is 0.381. The van der Waals surface area contributed by atoms with Gasteiger partial charge in [0, 0.05) is 50.7 Å². The third-order valence-electron chi connectivity index (χ3n) is 5.59. The van der Waals surface area contributed by atoms with Crippen molar-refractivity contribution in [1.29, 1.82) is 0 Å². The van der Waals surface area contributed by atoms with E-state index in [2.05, 4.69) is 9.88 Å². The second-order valence-electron chi connectivity index (χ2n) is 7.30. The van der Waals surface area contributed by atoms with E-state index >= 15 is 0 Å². The van der Waals surface area contributed by atoms with E-state index in [0.717, 1.165) is 11.6 Å². The van der Waals surface area contributed by atoms with Crippen molar-refractivity contribution in [3.05, 3.63) is 46.6 Å². The Bertz CT molecular complexity index is 963. The maximum atomic E-state index is 13.0. The van der Waals surface area contributed by atoms with Crippen LogP contribution >= 0.6 is 23.2 Å². The molecule has 1 atom stereocenters. The van der Waals surface area contributed by atoms with E-state index in [1.54, 1.807) is 47.4 Å². The lowest BCUT2D eigenvalue weighted by molar-refractivity contribution is -0.140. The molecule has 2 aromatic rings. The molecule has 0 saturated carbocycles. The van der Waals surface area contributed by atoms with Crippen molar-refractivity contribution in [3.8, 4) is 5.75 Å². The predicted octanol–water partition coefficient (Wildman–Crippen LogP) is 3.10. The molecule has 0 N–H and O–H groups in total. The number of halogens is 2. The van der Waals surface area contributed by atoms with Gasteiger partial charge in [-0.3, -0.25) is 9.59 Å². The summed E-state index contributed by atoms with van der Waals surface area (Å²) in [5.74, 6) is 0.624. The van der Waals surface area contributed by atoms with Gasteiger partial charge in [0.05, 0.1) is 17.2 Å². The van der Waals surface area contributed by atoms with E-state index in [4.69, 9.17) is 27.9 Å². The van der Waals surface area contributed by atoms with E-state index in [-0.39, 0.29) is 11.8 Å². The number of rotatable bonds is 4. The Balaban J connectivity index is 1.38. The summed E-state index contributed by atoms with van der Waals surface area (Å²) in [7, 11) is 1.62. The lowest BCUT2D eigenvalue weighted by Gasteiger charge is -2.36. The molecule has 30 heavy (non-hydrogen) atoms. The largest absolute Gasteiger partial charge is 0.497 e. The monoisotopic (exact) mass is 448 g/mol. The summed E-state index contributed by atoms with van der Waals surface area (Å²) in [6, 6.07) is 8.75. The molecule has 0 radical (unpaired) electrons. The number of piperazine rings is 1. The maximum absolute atomic E-state index is 13.0. The standard InChI is InChI=1S/C21H22Cl2N4O3/c1-30-15-4-6-24-19(13-15)25-8-10-26(11-9-25)20(28)16-5-7-27(21(16)29)14-2-3-17(22)18(23)12-14/h2-4,6,12-13,16H,5,7-11H2,1H3. The average molecular weight is 449 g/mol. The highest BCUT2D eigenvalue weighted by Crippen LogP contribution is 2.32. The van der Waals surface area contributed by atoms with Gasteiger partial charge in [-0.1, -0.05) is 23.2 Å². The molecule has 0 bridgehead atoms. The number of pyridine rings is 1. The molecule has 9 heteroatoms. The number of anilines is 2. The molecule has 0 spiro atoms. The van der Waals surface area contributed by atoms with Crippen LogP contribution in [-0.2, 0) is 9.59 Å². The van der Waals surface area contributed by atoms with Crippen molar-refractivity contribution in [2.75, 3.05) is 49.6 Å². The Morgan fingerprint density at radius 3 is 2.53 bits per heavy atom. The van der Waals surface area contributed by atoms with Crippen LogP contribution in [0.2, 0.25) is 10.0 Å². The van der Waals surface area contributed by atoms with Crippen LogP contribution in [0.25, 0.3) is 0 Å². The molecule has 4 rings (SSSR count). The first kappa shape index (κ1) is 20.8. The molecule has 2 aliphatic heterocycles. The Hall–Kier alpha value is -2.51. The Kier molecular flexibility index (Phi) is 6.01. The predicted molar refractivity (Wildman–Crippen MR) is 117 cm³/mol. The maximum Gasteiger partial charge on any atom is 0.239 e. The number of carbonyl (C=O) groups excluding carboxylic acids is 2. The number of aromatic nitrogens is 1. The number of carbonyl (C=O) groups is 2. The number of methoxy groups -OCH3 is 1. The summed E-state index contributed by atoms with van der Waals surface area (Å²) < 4.78 is 5.26. The van der Waals surface area contributed by atoms with E-state index in [1.165, 1.54) is 0 Å². The number of hydrogen-bond acceptors (Lipinski definition) is 5. The average Bonchev–Trinajstić information content (AvgIpc) is 3.16. The minimum absolute atomic E-state index is 0.110. The SMILES string of the molecule is COc1ccnc(N2CCN(C(=O)C3CCN(c4ccc(Cl)c(Cl)c4)C3=O)CC2)c1. The van der Waals surface area contributed by atoms with Crippen molar-refractivity contribution in [2.24, 2.45) is 5.92 Å². The van der Waals surface area contributed by atoms with Crippen LogP contribution in [0.5, 0.6) is 5.75 Å². The van der Waals surface area contributed by atoms with E-state index < -0.39 is 5.92 Å². The van der Waals surface area contributed by atoms with Crippen LogP contribution in [0.4, 0.5) is 11.5 Å². The van der Waals surface area contributed by atoms with Crippen LogP contribution in [0.3, 0.4) is 0 Å². The smallest absolute Gasteiger partial charge is 0.239 e. The molecule has 1 unspecified atom stereocenters. The molecule has 1 aromatic heterocycles. The molecule has 0 aliphatic carbocycles. The molecule has 2 saturated heterocycles. The van der Waals surface area contributed by atoms with Gasteiger partial charge in [0.15, 0.2) is 0 Å². The van der Waals surface area contributed by atoms with Gasteiger partial charge in [0.1, 0.15) is 17.5 Å². The number of amides is 2. The molecule has 3 heterocycles. The van der Waals surface area contributed by atoms with Crippen LogP contribution in [0.15, 0.2) is 36.5 Å². The van der Waals surface area contributed by atoms with Crippen LogP contribution in [0, 0.1) is 5.92 Å². The van der Waals surface area contributed by atoms with Crippen LogP contribution in [0.1, 0.15) is 6.42 Å². The molecule has 1 aromatic carbocycles. The van der Waals surface area contributed by atoms with Crippen LogP contribution < -0.4 is 14.5 Å². The molecule has 2 amide bonds. The van der Waals surface area contributed by atoms with Gasteiger partial charge in [-0.25, -0.2) is 4.98 Å². The van der Waals surface area contributed by atoms with Gasteiger partial charge in [-0.2, -0.15) is 0 Å². The minimum Gasteiger partial charge on any atom is -0.497 e. The molecular weight excluding hydrogens is 427 g/mol. The van der Waals surface area contributed by atoms with E-state index in [9.17, 15) is 9.59 Å². The highest BCUT2D eigenvalue weighted by atomic mass is 35.5. The molecule has 158 valence electrons. The van der Waals surface area contributed by atoms with Gasteiger partial charge in [-0.15, -0.1) is 0 Å². The lowest BCUT2D eigenvalue weighted by Crippen LogP contribution is -2.51. The quantitative estimate of drug-likeness (QED) is 0.672. The number of benzene rings is 1. The van der Waals surface area contributed by atoms with Crippen molar-refractivity contribution in [1.82, 2.24) is 9.88 Å². The molecule has 7 nitrogen and oxygen atoms in total. The normalized spacial score (nSPS) is 19.4. The third-order valence-corrected chi connectivity index (χ3v) is 6.33. The Labute approximate surface area is 185 Å². The van der Waals surface area contributed by atoms with Crippen molar-refractivity contribution in [2.45, 2.75) is 6.42 Å². The highest BCUT2D eigenvalue weighted by Gasteiger charge is 2.40. The zero-order chi connectivity index (χ0) is 21.3. The second kappa shape index (κ2) is 8.70.